The summed E-state index contributed by atoms with van der Waals surface area (Å²) in [5.74, 6) is 2.40. The van der Waals surface area contributed by atoms with Gasteiger partial charge in [-0.1, -0.05) is 6.92 Å². The van der Waals surface area contributed by atoms with Gasteiger partial charge in [-0.15, -0.1) is 11.3 Å². The van der Waals surface area contributed by atoms with Crippen LogP contribution in [-0.2, 0) is 6.54 Å². The molecule has 0 aliphatic carbocycles. The molecule has 2 aliphatic heterocycles. The van der Waals surface area contributed by atoms with Gasteiger partial charge in [0.15, 0.2) is 11.5 Å². The van der Waals surface area contributed by atoms with Crippen LogP contribution in [0.4, 0.5) is 0 Å². The number of nitrogens with one attached hydrogen (secondary N) is 1. The first-order chi connectivity index (χ1) is 12.3. The quantitative estimate of drug-likeness (QED) is 0.821. The van der Waals surface area contributed by atoms with E-state index in [9.17, 15) is 0 Å². The Labute approximate surface area is 153 Å². The molecule has 0 bridgehead atoms. The first kappa shape index (κ1) is 16.8. The number of aromatic nitrogens is 1. The van der Waals surface area contributed by atoms with Gasteiger partial charge in [-0.05, 0) is 56.6 Å². The van der Waals surface area contributed by atoms with Crippen molar-refractivity contribution < 1.29 is 9.47 Å². The van der Waals surface area contributed by atoms with Crippen LogP contribution in [0.25, 0.3) is 10.6 Å². The second kappa shape index (κ2) is 7.72. The molecule has 134 valence electrons. The van der Waals surface area contributed by atoms with Crippen LogP contribution in [-0.4, -0.2) is 42.9 Å². The first-order valence-corrected chi connectivity index (χ1v) is 9.97. The van der Waals surface area contributed by atoms with E-state index in [0.29, 0.717) is 6.79 Å². The zero-order valence-corrected chi connectivity index (χ0v) is 15.5. The van der Waals surface area contributed by atoms with Gasteiger partial charge in [-0.2, -0.15) is 0 Å². The predicted octanol–water partition coefficient (Wildman–Crippen LogP) is 3.36. The molecule has 0 saturated carbocycles. The van der Waals surface area contributed by atoms with Crippen molar-refractivity contribution in [2.24, 2.45) is 5.92 Å². The van der Waals surface area contributed by atoms with Crippen LogP contribution >= 0.6 is 11.3 Å². The molecule has 1 atom stereocenters. The molecule has 1 aromatic carbocycles. The van der Waals surface area contributed by atoms with Crippen molar-refractivity contribution in [3.63, 3.8) is 0 Å². The Morgan fingerprint density at radius 3 is 3.16 bits per heavy atom. The van der Waals surface area contributed by atoms with E-state index in [0.717, 1.165) is 46.8 Å². The molecule has 1 fully saturated rings. The van der Waals surface area contributed by atoms with Gasteiger partial charge in [-0.3, -0.25) is 0 Å². The van der Waals surface area contributed by atoms with E-state index in [1.54, 1.807) is 11.3 Å². The smallest absolute Gasteiger partial charge is 0.231 e. The van der Waals surface area contributed by atoms with Gasteiger partial charge in [0.25, 0.3) is 0 Å². The van der Waals surface area contributed by atoms with Gasteiger partial charge in [0.05, 0.1) is 5.69 Å². The lowest BCUT2D eigenvalue weighted by atomic mass is 10.1. The predicted molar refractivity (Wildman–Crippen MR) is 100 cm³/mol. The third-order valence-corrected chi connectivity index (χ3v) is 5.76. The van der Waals surface area contributed by atoms with Crippen LogP contribution in [0.5, 0.6) is 11.5 Å². The number of thiazole rings is 1. The summed E-state index contributed by atoms with van der Waals surface area (Å²) in [7, 11) is 0. The highest BCUT2D eigenvalue weighted by molar-refractivity contribution is 7.13. The second-order valence-corrected chi connectivity index (χ2v) is 7.66. The van der Waals surface area contributed by atoms with Crippen LogP contribution in [0.2, 0.25) is 0 Å². The summed E-state index contributed by atoms with van der Waals surface area (Å²) in [6.45, 7) is 8.21. The zero-order valence-electron chi connectivity index (χ0n) is 14.7. The molecule has 6 heteroatoms. The van der Waals surface area contributed by atoms with Gasteiger partial charge in [0.2, 0.25) is 6.79 Å². The normalized spacial score (nSPS) is 19.6. The van der Waals surface area contributed by atoms with Gasteiger partial charge in [0, 0.05) is 24.0 Å². The van der Waals surface area contributed by atoms with Gasteiger partial charge < -0.3 is 19.7 Å². The largest absolute Gasteiger partial charge is 0.454 e. The molecule has 1 saturated heterocycles. The minimum absolute atomic E-state index is 0.308. The number of fused-ring (bicyclic) bond motifs is 1. The zero-order chi connectivity index (χ0) is 17.1. The summed E-state index contributed by atoms with van der Waals surface area (Å²) in [4.78, 5) is 7.34. The van der Waals surface area contributed by atoms with Crippen molar-refractivity contribution in [1.29, 1.82) is 0 Å². The van der Waals surface area contributed by atoms with E-state index >= 15 is 0 Å². The minimum Gasteiger partial charge on any atom is -0.454 e. The van der Waals surface area contributed by atoms with Crippen molar-refractivity contribution in [1.82, 2.24) is 15.2 Å². The molecule has 2 aliphatic rings. The molecule has 4 rings (SSSR count). The van der Waals surface area contributed by atoms with Gasteiger partial charge >= 0.3 is 0 Å². The number of nitrogens with zero attached hydrogens (tertiary/aromatic N) is 2. The van der Waals surface area contributed by atoms with Crippen LogP contribution in [0, 0.1) is 5.92 Å². The maximum Gasteiger partial charge on any atom is 0.231 e. The Balaban J connectivity index is 1.29. The fourth-order valence-electron chi connectivity index (χ4n) is 3.55. The maximum atomic E-state index is 5.45. The molecule has 1 unspecified atom stereocenters. The SMILES string of the molecule is CCCN1CCC(CNCc2csc(-c3ccc4c(c3)OCO4)n2)C1. The van der Waals surface area contributed by atoms with E-state index in [4.69, 9.17) is 14.5 Å². The summed E-state index contributed by atoms with van der Waals surface area (Å²) in [6.07, 6.45) is 2.56. The molecular weight excluding hydrogens is 334 g/mol. The highest BCUT2D eigenvalue weighted by atomic mass is 32.1. The molecule has 3 heterocycles. The molecule has 0 radical (unpaired) electrons. The van der Waals surface area contributed by atoms with Crippen molar-refractivity contribution in [2.75, 3.05) is 33.0 Å². The number of hydrogen-bond donors (Lipinski definition) is 1. The van der Waals surface area contributed by atoms with Crippen molar-refractivity contribution in [3.8, 4) is 22.1 Å². The van der Waals surface area contributed by atoms with E-state index < -0.39 is 0 Å². The number of likely N-dealkylation sites (tertiary alicyclic amines) is 1. The average Bonchev–Trinajstić information content (AvgIpc) is 3.35. The highest BCUT2D eigenvalue weighted by Crippen LogP contribution is 2.36. The molecule has 1 N–H and O–H groups in total. The van der Waals surface area contributed by atoms with E-state index in [2.05, 4.69) is 22.5 Å². The number of rotatable bonds is 7. The summed E-state index contributed by atoms with van der Waals surface area (Å²) >= 11 is 1.68. The summed E-state index contributed by atoms with van der Waals surface area (Å²) in [5.41, 5.74) is 2.20. The van der Waals surface area contributed by atoms with Gasteiger partial charge in [0.1, 0.15) is 5.01 Å². The number of hydrogen-bond acceptors (Lipinski definition) is 6. The van der Waals surface area contributed by atoms with Crippen LogP contribution < -0.4 is 14.8 Å². The summed E-state index contributed by atoms with van der Waals surface area (Å²) < 4.78 is 10.8. The van der Waals surface area contributed by atoms with Crippen molar-refractivity contribution in [2.45, 2.75) is 26.3 Å². The fourth-order valence-corrected chi connectivity index (χ4v) is 4.37. The molecule has 25 heavy (non-hydrogen) atoms. The Kier molecular flexibility index (Phi) is 5.20. The topological polar surface area (TPSA) is 46.6 Å². The van der Waals surface area contributed by atoms with Crippen molar-refractivity contribution >= 4 is 11.3 Å². The summed E-state index contributed by atoms with van der Waals surface area (Å²) in [5, 5.41) is 6.76. The Bertz CT molecular complexity index is 718. The van der Waals surface area contributed by atoms with E-state index in [-0.39, 0.29) is 0 Å². The lowest BCUT2D eigenvalue weighted by Crippen LogP contribution is -2.26. The monoisotopic (exact) mass is 359 g/mol. The standard InChI is InChI=1S/C19H25N3O2S/c1-2-6-22-7-5-14(11-22)9-20-10-16-12-25-19(21-16)15-3-4-17-18(8-15)24-13-23-17/h3-4,8,12,14,20H,2,5-7,9-11,13H2,1H3. The van der Waals surface area contributed by atoms with Crippen molar-refractivity contribution in [3.05, 3.63) is 29.3 Å². The Hall–Kier alpha value is -1.63. The molecule has 0 amide bonds. The fraction of sp³-hybridized carbons (Fsp3) is 0.526. The third kappa shape index (κ3) is 3.97. The average molecular weight is 359 g/mol. The summed E-state index contributed by atoms with van der Waals surface area (Å²) in [6, 6.07) is 6.02. The van der Waals surface area contributed by atoms with Crippen LogP contribution in [0.1, 0.15) is 25.5 Å². The minimum atomic E-state index is 0.308. The molecule has 5 nitrogen and oxygen atoms in total. The van der Waals surface area contributed by atoms with Crippen LogP contribution in [0.15, 0.2) is 23.6 Å². The number of ether oxygens (including phenoxy) is 2. The highest BCUT2D eigenvalue weighted by Gasteiger charge is 2.21. The molecular formula is C19H25N3O2S. The lowest BCUT2D eigenvalue weighted by molar-refractivity contribution is 0.174. The maximum absolute atomic E-state index is 5.45. The van der Waals surface area contributed by atoms with E-state index in [1.165, 1.54) is 32.5 Å². The third-order valence-electron chi connectivity index (χ3n) is 4.82. The molecule has 1 aromatic heterocycles. The molecule has 0 spiro atoms. The molecule has 2 aromatic rings. The lowest BCUT2D eigenvalue weighted by Gasteiger charge is -2.14. The number of benzene rings is 1. The van der Waals surface area contributed by atoms with E-state index in [1.807, 2.05) is 18.2 Å². The van der Waals surface area contributed by atoms with Crippen LogP contribution in [0.3, 0.4) is 0 Å². The Morgan fingerprint density at radius 1 is 1.32 bits per heavy atom. The van der Waals surface area contributed by atoms with Gasteiger partial charge in [-0.25, -0.2) is 4.98 Å². The Morgan fingerprint density at radius 2 is 2.24 bits per heavy atom. The second-order valence-electron chi connectivity index (χ2n) is 6.80. The first-order valence-electron chi connectivity index (χ1n) is 9.09.